The van der Waals surface area contributed by atoms with Crippen LogP contribution in [0.4, 0.5) is 10.1 Å². The molecule has 1 fully saturated rings. The van der Waals surface area contributed by atoms with Crippen LogP contribution in [0.5, 0.6) is 0 Å². The quantitative estimate of drug-likeness (QED) is 0.890. The van der Waals surface area contributed by atoms with E-state index in [9.17, 15) is 14.3 Å². The summed E-state index contributed by atoms with van der Waals surface area (Å²) in [5.41, 5.74) is -0.818. The Kier molecular flexibility index (Phi) is 4.28. The lowest BCUT2D eigenvalue weighted by molar-refractivity contribution is -0.144. The molecule has 1 saturated heterocycles. The zero-order chi connectivity index (χ0) is 14.8. The summed E-state index contributed by atoms with van der Waals surface area (Å²) >= 11 is 0. The number of carbonyl (C=O) groups is 1. The minimum atomic E-state index is -1.08. The van der Waals surface area contributed by atoms with Crippen molar-refractivity contribution in [3.63, 3.8) is 0 Å². The van der Waals surface area contributed by atoms with E-state index in [0.717, 1.165) is 0 Å². The highest BCUT2D eigenvalue weighted by Gasteiger charge is 2.42. The molecule has 1 aromatic rings. The smallest absolute Gasteiger partial charge is 0.329 e. The van der Waals surface area contributed by atoms with Crippen LogP contribution in [0.3, 0.4) is 0 Å². The highest BCUT2D eigenvalue weighted by Crippen LogP contribution is 2.29. The second-order valence-electron chi connectivity index (χ2n) is 5.62. The Balaban J connectivity index is 2.16. The van der Waals surface area contributed by atoms with Crippen molar-refractivity contribution in [2.45, 2.75) is 38.3 Å². The van der Waals surface area contributed by atoms with Gasteiger partial charge in [0, 0.05) is 19.1 Å². The largest absolute Gasteiger partial charge is 0.480 e. The Morgan fingerprint density at radius 1 is 1.35 bits per heavy atom. The summed E-state index contributed by atoms with van der Waals surface area (Å²) < 4.78 is 13.7. The summed E-state index contributed by atoms with van der Waals surface area (Å²) in [6.07, 6.45) is 0.934. The van der Waals surface area contributed by atoms with Crippen LogP contribution in [0.25, 0.3) is 0 Å². The molecule has 0 spiro atoms. The lowest BCUT2D eigenvalue weighted by atomic mass is 9.86. The number of carboxylic acids is 1. The molecule has 2 N–H and O–H groups in total. The van der Waals surface area contributed by atoms with Gasteiger partial charge in [-0.25, -0.2) is 9.18 Å². The zero-order valence-corrected chi connectivity index (χ0v) is 11.9. The molecular formula is C15H21FN2O2. The number of hydrogen-bond acceptors (Lipinski definition) is 3. The summed E-state index contributed by atoms with van der Waals surface area (Å²) in [6.45, 7) is 5.59. The van der Waals surface area contributed by atoms with Gasteiger partial charge in [0.15, 0.2) is 0 Å². The maximum atomic E-state index is 13.7. The number of rotatable bonds is 4. The predicted octanol–water partition coefficient (Wildman–Crippen LogP) is 2.57. The molecule has 20 heavy (non-hydrogen) atoms. The number of anilines is 1. The van der Waals surface area contributed by atoms with E-state index in [2.05, 4.69) is 24.1 Å². The topological polar surface area (TPSA) is 52.6 Å². The van der Waals surface area contributed by atoms with Crippen molar-refractivity contribution in [1.82, 2.24) is 4.90 Å². The Hall–Kier alpha value is -1.62. The van der Waals surface area contributed by atoms with Crippen LogP contribution in [-0.2, 0) is 4.79 Å². The first-order valence-corrected chi connectivity index (χ1v) is 6.95. The fourth-order valence-corrected chi connectivity index (χ4v) is 2.63. The predicted molar refractivity (Wildman–Crippen MR) is 76.3 cm³/mol. The SMILES string of the molecule is CC(C)N1CCC(Nc2ccccc2F)(C(=O)O)CC1. The fraction of sp³-hybridized carbons (Fsp3) is 0.533. The minimum absolute atomic E-state index is 0.257. The van der Waals surface area contributed by atoms with E-state index >= 15 is 0 Å². The summed E-state index contributed by atoms with van der Waals surface area (Å²) in [5, 5.41) is 12.5. The number of benzene rings is 1. The molecule has 0 aliphatic carbocycles. The number of hydrogen-bond donors (Lipinski definition) is 2. The average Bonchev–Trinajstić information content (AvgIpc) is 2.42. The maximum Gasteiger partial charge on any atom is 0.329 e. The number of para-hydroxylation sites is 1. The van der Waals surface area contributed by atoms with Crippen molar-refractivity contribution in [1.29, 1.82) is 0 Å². The number of nitrogens with one attached hydrogen (secondary N) is 1. The van der Waals surface area contributed by atoms with Gasteiger partial charge < -0.3 is 15.3 Å². The van der Waals surface area contributed by atoms with Gasteiger partial charge in [-0.15, -0.1) is 0 Å². The van der Waals surface area contributed by atoms with Crippen LogP contribution >= 0.6 is 0 Å². The van der Waals surface area contributed by atoms with E-state index in [1.807, 2.05) is 0 Å². The summed E-state index contributed by atoms with van der Waals surface area (Å²) in [7, 11) is 0. The molecule has 0 aromatic heterocycles. The van der Waals surface area contributed by atoms with Crippen LogP contribution in [0, 0.1) is 5.82 Å². The Bertz CT molecular complexity index is 483. The van der Waals surface area contributed by atoms with Crippen molar-refractivity contribution in [2.24, 2.45) is 0 Å². The highest BCUT2D eigenvalue weighted by molar-refractivity contribution is 5.83. The van der Waals surface area contributed by atoms with Crippen LogP contribution < -0.4 is 5.32 Å². The van der Waals surface area contributed by atoms with Crippen LogP contribution in [-0.4, -0.2) is 40.6 Å². The highest BCUT2D eigenvalue weighted by atomic mass is 19.1. The van der Waals surface area contributed by atoms with Crippen molar-refractivity contribution in [3.05, 3.63) is 30.1 Å². The number of aliphatic carboxylic acids is 1. The average molecular weight is 280 g/mol. The number of piperidine rings is 1. The van der Waals surface area contributed by atoms with Crippen LogP contribution in [0.2, 0.25) is 0 Å². The molecule has 0 amide bonds. The third-order valence-electron chi connectivity index (χ3n) is 4.04. The van der Waals surface area contributed by atoms with Crippen molar-refractivity contribution < 1.29 is 14.3 Å². The molecule has 4 nitrogen and oxygen atoms in total. The van der Waals surface area contributed by atoms with Gasteiger partial charge in [-0.3, -0.25) is 0 Å². The molecule has 0 radical (unpaired) electrons. The first-order valence-electron chi connectivity index (χ1n) is 6.95. The molecule has 1 aliphatic rings. The molecule has 1 heterocycles. The van der Waals surface area contributed by atoms with Crippen molar-refractivity contribution >= 4 is 11.7 Å². The number of carboxylic acid groups (broad SMARTS) is 1. The third kappa shape index (κ3) is 2.93. The van der Waals surface area contributed by atoms with Gasteiger partial charge in [-0.05, 0) is 38.8 Å². The molecule has 110 valence electrons. The van der Waals surface area contributed by atoms with E-state index in [0.29, 0.717) is 32.0 Å². The molecule has 2 rings (SSSR count). The molecule has 1 aromatic carbocycles. The van der Waals surface area contributed by atoms with Crippen molar-refractivity contribution in [2.75, 3.05) is 18.4 Å². The lowest BCUT2D eigenvalue weighted by Gasteiger charge is -2.41. The zero-order valence-electron chi connectivity index (χ0n) is 11.9. The van der Waals surface area contributed by atoms with E-state index in [-0.39, 0.29) is 5.69 Å². The molecule has 0 unspecified atom stereocenters. The Morgan fingerprint density at radius 2 is 1.95 bits per heavy atom. The van der Waals surface area contributed by atoms with Gasteiger partial charge in [0.25, 0.3) is 0 Å². The summed E-state index contributed by atoms with van der Waals surface area (Å²) in [4.78, 5) is 13.9. The first kappa shape index (κ1) is 14.8. The van der Waals surface area contributed by atoms with Crippen LogP contribution in [0.1, 0.15) is 26.7 Å². The molecule has 1 aliphatic heterocycles. The van der Waals surface area contributed by atoms with Gasteiger partial charge >= 0.3 is 5.97 Å². The Labute approximate surface area is 118 Å². The number of nitrogens with zero attached hydrogens (tertiary/aromatic N) is 1. The fourth-order valence-electron chi connectivity index (χ4n) is 2.63. The Morgan fingerprint density at radius 3 is 2.45 bits per heavy atom. The number of halogens is 1. The second-order valence-corrected chi connectivity index (χ2v) is 5.62. The maximum absolute atomic E-state index is 13.7. The lowest BCUT2D eigenvalue weighted by Crippen LogP contribution is -2.55. The molecular weight excluding hydrogens is 259 g/mol. The normalized spacial score (nSPS) is 19.0. The first-order chi connectivity index (χ1) is 9.44. The molecule has 0 atom stereocenters. The minimum Gasteiger partial charge on any atom is -0.480 e. The van der Waals surface area contributed by atoms with E-state index in [4.69, 9.17) is 0 Å². The van der Waals surface area contributed by atoms with E-state index in [1.165, 1.54) is 6.07 Å². The molecule has 0 bridgehead atoms. The van der Waals surface area contributed by atoms with Gasteiger partial charge in [-0.1, -0.05) is 12.1 Å². The van der Waals surface area contributed by atoms with Gasteiger partial charge in [0.2, 0.25) is 0 Å². The number of likely N-dealkylation sites (tertiary alicyclic amines) is 1. The van der Waals surface area contributed by atoms with Gasteiger partial charge in [0.05, 0.1) is 5.69 Å². The standard InChI is InChI=1S/C15H21FN2O2/c1-11(2)18-9-7-15(8-10-18,14(19)20)17-13-6-4-3-5-12(13)16/h3-6,11,17H,7-10H2,1-2H3,(H,19,20). The summed E-state index contributed by atoms with van der Waals surface area (Å²) in [5.74, 6) is -1.33. The molecule has 5 heteroatoms. The molecule has 0 saturated carbocycles. The van der Waals surface area contributed by atoms with Crippen molar-refractivity contribution in [3.8, 4) is 0 Å². The monoisotopic (exact) mass is 280 g/mol. The second kappa shape index (κ2) is 5.79. The third-order valence-corrected chi connectivity index (χ3v) is 4.04. The van der Waals surface area contributed by atoms with E-state index in [1.54, 1.807) is 18.2 Å². The van der Waals surface area contributed by atoms with Crippen LogP contribution in [0.15, 0.2) is 24.3 Å². The van der Waals surface area contributed by atoms with E-state index < -0.39 is 17.3 Å². The van der Waals surface area contributed by atoms with Gasteiger partial charge in [0.1, 0.15) is 11.4 Å². The van der Waals surface area contributed by atoms with Gasteiger partial charge in [-0.2, -0.15) is 0 Å². The summed E-state index contributed by atoms with van der Waals surface area (Å²) in [6, 6.07) is 6.60.